The van der Waals surface area contributed by atoms with Gasteiger partial charge in [0.2, 0.25) is 5.91 Å². The van der Waals surface area contributed by atoms with E-state index in [1.165, 1.54) is 4.68 Å². The van der Waals surface area contributed by atoms with Gasteiger partial charge in [0.05, 0.1) is 17.7 Å². The van der Waals surface area contributed by atoms with E-state index >= 15 is 0 Å². The maximum atomic E-state index is 12.5. The molecule has 0 atom stereocenters. The molecule has 0 bridgehead atoms. The van der Waals surface area contributed by atoms with E-state index in [9.17, 15) is 14.7 Å². The summed E-state index contributed by atoms with van der Waals surface area (Å²) in [5, 5.41) is 16.8. The second-order valence-corrected chi connectivity index (χ2v) is 8.29. The van der Waals surface area contributed by atoms with E-state index in [1.54, 1.807) is 13.8 Å². The van der Waals surface area contributed by atoms with Crippen LogP contribution >= 0.6 is 0 Å². The summed E-state index contributed by atoms with van der Waals surface area (Å²) in [5.74, 6) is 0.267. The first kappa shape index (κ1) is 21.5. The molecule has 0 unspecified atom stereocenters. The number of hydrogen-bond donors (Lipinski definition) is 3. The molecule has 0 spiro atoms. The Morgan fingerprint density at radius 3 is 2.43 bits per heavy atom. The number of nitrogens with one attached hydrogen (secondary N) is 2. The van der Waals surface area contributed by atoms with Gasteiger partial charge in [-0.3, -0.25) is 9.78 Å². The summed E-state index contributed by atoms with van der Waals surface area (Å²) in [4.78, 5) is 27.7. The number of aryl methyl sites for hydroxylation is 2. The zero-order valence-electron chi connectivity index (χ0n) is 18.0. The number of aromatic amines is 1. The van der Waals surface area contributed by atoms with Crippen molar-refractivity contribution in [3.05, 3.63) is 69.1 Å². The van der Waals surface area contributed by atoms with Gasteiger partial charge in [-0.05, 0) is 63.4 Å². The fourth-order valence-electron chi connectivity index (χ4n) is 3.23. The normalized spacial score (nSPS) is 11.5. The maximum Gasteiger partial charge on any atom is 0.348 e. The van der Waals surface area contributed by atoms with Gasteiger partial charge in [0.15, 0.2) is 5.82 Å². The lowest BCUT2D eigenvalue weighted by Crippen LogP contribution is -2.39. The summed E-state index contributed by atoms with van der Waals surface area (Å²) < 4.78 is 1.35. The lowest BCUT2D eigenvalue weighted by molar-refractivity contribution is -0.131. The Labute approximate surface area is 175 Å². The molecule has 0 saturated heterocycles. The zero-order valence-corrected chi connectivity index (χ0v) is 18.0. The molecule has 2 aromatic carbocycles. The summed E-state index contributed by atoms with van der Waals surface area (Å²) in [6, 6.07) is 11.5. The number of aliphatic hydroxyl groups excluding tert-OH is 1. The topological polar surface area (TPSA) is 100 Å². The lowest BCUT2D eigenvalue weighted by atomic mass is 9.93. The predicted octanol–water partition coefficient (Wildman–Crippen LogP) is 2.79. The van der Waals surface area contributed by atoms with Gasteiger partial charge >= 0.3 is 5.69 Å². The Kier molecular flexibility index (Phi) is 5.94. The second kappa shape index (κ2) is 8.28. The second-order valence-electron chi connectivity index (χ2n) is 8.29. The minimum Gasteiger partial charge on any atom is -0.395 e. The molecule has 30 heavy (non-hydrogen) atoms. The van der Waals surface area contributed by atoms with Gasteiger partial charge in [-0.1, -0.05) is 29.8 Å². The van der Waals surface area contributed by atoms with E-state index in [0.29, 0.717) is 18.1 Å². The van der Waals surface area contributed by atoms with Crippen molar-refractivity contribution in [2.75, 3.05) is 6.61 Å². The molecule has 1 heterocycles. The van der Waals surface area contributed by atoms with Crippen molar-refractivity contribution in [1.29, 1.82) is 0 Å². The van der Waals surface area contributed by atoms with Gasteiger partial charge < -0.3 is 10.4 Å². The van der Waals surface area contributed by atoms with Crippen LogP contribution in [0.5, 0.6) is 0 Å². The molecule has 3 N–H and O–H groups in total. The number of amides is 1. The maximum absolute atomic E-state index is 12.5. The van der Waals surface area contributed by atoms with Gasteiger partial charge in [0, 0.05) is 12.1 Å². The SMILES string of the molecule is Cc1ccc(-n2nc(-c3c(C)ccc(CNC(=O)C(C)(C)CO)c3C)[nH]c2=O)cc1. The number of carbonyl (C=O) groups excluding carboxylic acids is 1. The Morgan fingerprint density at radius 1 is 1.13 bits per heavy atom. The van der Waals surface area contributed by atoms with Gasteiger partial charge in [-0.15, -0.1) is 5.10 Å². The summed E-state index contributed by atoms with van der Waals surface area (Å²) in [6.07, 6.45) is 0. The molecule has 158 valence electrons. The first-order valence-corrected chi connectivity index (χ1v) is 9.89. The highest BCUT2D eigenvalue weighted by molar-refractivity contribution is 5.82. The van der Waals surface area contributed by atoms with Gasteiger partial charge in [0.25, 0.3) is 0 Å². The fourth-order valence-corrected chi connectivity index (χ4v) is 3.23. The first-order valence-electron chi connectivity index (χ1n) is 9.89. The first-order chi connectivity index (χ1) is 14.1. The molecule has 3 aromatic rings. The Hall–Kier alpha value is -3.19. The zero-order chi connectivity index (χ0) is 22.1. The average molecular weight is 409 g/mol. The minimum atomic E-state index is -0.848. The van der Waals surface area contributed by atoms with Crippen LogP contribution in [0.3, 0.4) is 0 Å². The summed E-state index contributed by atoms with van der Waals surface area (Å²) in [5.41, 5.74) is 4.31. The Morgan fingerprint density at radius 2 is 1.80 bits per heavy atom. The quantitative estimate of drug-likeness (QED) is 0.584. The number of hydrogen-bond acceptors (Lipinski definition) is 4. The minimum absolute atomic E-state index is 0.219. The lowest BCUT2D eigenvalue weighted by Gasteiger charge is -2.21. The molecule has 0 aliphatic rings. The van der Waals surface area contributed by atoms with Crippen molar-refractivity contribution >= 4 is 5.91 Å². The average Bonchev–Trinajstić information content (AvgIpc) is 3.08. The number of aromatic nitrogens is 3. The van der Waals surface area contributed by atoms with Crippen molar-refractivity contribution in [3.63, 3.8) is 0 Å². The van der Waals surface area contributed by atoms with Crippen LogP contribution in [0, 0.1) is 26.2 Å². The molecule has 0 aliphatic heterocycles. The summed E-state index contributed by atoms with van der Waals surface area (Å²) in [6.45, 7) is 9.38. The van der Waals surface area contributed by atoms with Crippen LogP contribution in [-0.2, 0) is 11.3 Å². The number of aliphatic hydroxyl groups is 1. The highest BCUT2D eigenvalue weighted by Gasteiger charge is 2.26. The van der Waals surface area contributed by atoms with E-state index in [2.05, 4.69) is 15.4 Å². The summed E-state index contributed by atoms with van der Waals surface area (Å²) >= 11 is 0. The molecule has 7 nitrogen and oxygen atoms in total. The predicted molar refractivity (Wildman–Crippen MR) is 117 cm³/mol. The molecule has 7 heteroatoms. The molecule has 0 fully saturated rings. The van der Waals surface area contributed by atoms with Crippen molar-refractivity contribution in [2.24, 2.45) is 5.41 Å². The molecule has 1 amide bonds. The summed E-state index contributed by atoms with van der Waals surface area (Å²) in [7, 11) is 0. The van der Waals surface area contributed by atoms with Crippen LogP contribution in [0.25, 0.3) is 17.1 Å². The van der Waals surface area contributed by atoms with Crippen LogP contribution in [0.15, 0.2) is 41.2 Å². The Bertz CT molecular complexity index is 1120. The highest BCUT2D eigenvalue weighted by atomic mass is 16.3. The van der Waals surface area contributed by atoms with Crippen molar-refractivity contribution in [3.8, 4) is 17.1 Å². The molecular weight excluding hydrogens is 380 g/mol. The smallest absolute Gasteiger partial charge is 0.348 e. The van der Waals surface area contributed by atoms with Gasteiger partial charge in [-0.2, -0.15) is 4.68 Å². The number of nitrogens with zero attached hydrogens (tertiary/aromatic N) is 2. The molecule has 1 aromatic heterocycles. The van der Waals surface area contributed by atoms with Crippen molar-refractivity contribution in [1.82, 2.24) is 20.1 Å². The number of rotatable bonds is 6. The van der Waals surface area contributed by atoms with Crippen LogP contribution < -0.4 is 11.0 Å². The van der Waals surface area contributed by atoms with Gasteiger partial charge in [-0.25, -0.2) is 4.79 Å². The Balaban J connectivity index is 1.95. The largest absolute Gasteiger partial charge is 0.395 e. The van der Waals surface area contributed by atoms with Crippen molar-refractivity contribution in [2.45, 2.75) is 41.2 Å². The van der Waals surface area contributed by atoms with Crippen LogP contribution in [0.4, 0.5) is 0 Å². The fraction of sp³-hybridized carbons (Fsp3) is 0.348. The molecule has 3 rings (SSSR count). The highest BCUT2D eigenvalue weighted by Crippen LogP contribution is 2.27. The molecule has 0 aliphatic carbocycles. The van der Waals surface area contributed by atoms with Crippen LogP contribution in [-0.4, -0.2) is 32.4 Å². The van der Waals surface area contributed by atoms with Crippen LogP contribution in [0.1, 0.15) is 36.1 Å². The third-order valence-electron chi connectivity index (χ3n) is 5.37. The molecule has 0 radical (unpaired) electrons. The third kappa shape index (κ3) is 4.21. The van der Waals surface area contributed by atoms with Crippen LogP contribution in [0.2, 0.25) is 0 Å². The van der Waals surface area contributed by atoms with E-state index in [0.717, 1.165) is 27.8 Å². The molecular formula is C23H28N4O3. The number of benzene rings is 2. The van der Waals surface area contributed by atoms with E-state index in [4.69, 9.17) is 0 Å². The molecule has 0 saturated carbocycles. The number of carbonyl (C=O) groups is 1. The van der Waals surface area contributed by atoms with Gasteiger partial charge in [0.1, 0.15) is 0 Å². The number of H-pyrrole nitrogens is 1. The van der Waals surface area contributed by atoms with E-state index in [-0.39, 0.29) is 18.2 Å². The van der Waals surface area contributed by atoms with Crippen molar-refractivity contribution < 1.29 is 9.90 Å². The monoisotopic (exact) mass is 408 g/mol. The van der Waals surface area contributed by atoms with E-state index < -0.39 is 5.41 Å². The van der Waals surface area contributed by atoms with E-state index in [1.807, 2.05) is 57.2 Å². The third-order valence-corrected chi connectivity index (χ3v) is 5.37. The standard InChI is InChI=1S/C23H28N4O3/c1-14-6-10-18(11-7-14)27-22(30)25-20(26-27)19-15(2)8-9-17(16(19)3)12-24-21(29)23(4,5)13-28/h6-11,28H,12-13H2,1-5H3,(H,24,29)(H,25,26,30).